The fourth-order valence-corrected chi connectivity index (χ4v) is 1.80. The van der Waals surface area contributed by atoms with E-state index in [1.54, 1.807) is 18.2 Å². The molecule has 0 spiro atoms. The lowest BCUT2D eigenvalue weighted by Crippen LogP contribution is -2.40. The second-order valence-electron chi connectivity index (χ2n) is 4.20. The van der Waals surface area contributed by atoms with Crippen LogP contribution in [0, 0.1) is 0 Å². The van der Waals surface area contributed by atoms with Crippen molar-refractivity contribution in [3.63, 3.8) is 0 Å². The monoisotopic (exact) mass is 247 g/mol. The maximum atomic E-state index is 9.52. The van der Waals surface area contributed by atoms with E-state index in [9.17, 15) is 5.11 Å². The van der Waals surface area contributed by atoms with Gasteiger partial charge in [0.1, 0.15) is 0 Å². The molecule has 1 aromatic heterocycles. The molecule has 1 saturated heterocycles. The Bertz CT molecular complexity index is 563. The highest BCUT2D eigenvalue weighted by molar-refractivity contribution is 5.60. The molecule has 0 atom stereocenters. The molecule has 94 valence electrons. The summed E-state index contributed by atoms with van der Waals surface area (Å²) in [6, 6.07) is 4.96. The first-order valence-electron chi connectivity index (χ1n) is 5.69. The Hall–Kier alpha value is -2.08. The molecule has 0 radical (unpaired) electrons. The molecule has 1 aliphatic rings. The van der Waals surface area contributed by atoms with Crippen LogP contribution in [0.3, 0.4) is 0 Å². The molecule has 2 heterocycles. The van der Waals surface area contributed by atoms with Crippen molar-refractivity contribution in [3.05, 3.63) is 24.1 Å². The Morgan fingerprint density at radius 3 is 2.94 bits per heavy atom. The lowest BCUT2D eigenvalue weighted by Gasteiger charge is -2.22. The third kappa shape index (κ3) is 1.80. The van der Waals surface area contributed by atoms with Crippen LogP contribution in [0.1, 0.15) is 11.8 Å². The van der Waals surface area contributed by atoms with Crippen molar-refractivity contribution in [2.45, 2.75) is 5.92 Å². The number of hydrogen-bond acceptors (Lipinski definition) is 6. The van der Waals surface area contributed by atoms with Gasteiger partial charge in [-0.3, -0.25) is 0 Å². The Labute approximate surface area is 104 Å². The first-order valence-corrected chi connectivity index (χ1v) is 5.69. The molecule has 6 heteroatoms. The molecule has 0 amide bonds. The van der Waals surface area contributed by atoms with Crippen LogP contribution in [0.2, 0.25) is 0 Å². The number of ether oxygens (including phenoxy) is 1. The Balaban J connectivity index is 1.91. The van der Waals surface area contributed by atoms with Crippen molar-refractivity contribution in [1.29, 1.82) is 0 Å². The number of nitrogens with one attached hydrogen (secondary N) is 1. The predicted molar refractivity (Wildman–Crippen MR) is 63.6 cm³/mol. The highest BCUT2D eigenvalue weighted by atomic mass is 16.5. The topological polar surface area (TPSA) is 80.4 Å². The summed E-state index contributed by atoms with van der Waals surface area (Å²) in [6.45, 7) is 1.75. The van der Waals surface area contributed by atoms with Crippen LogP contribution in [0.5, 0.6) is 11.5 Å². The fraction of sp³-hybridized carbons (Fsp3) is 0.333. The molecule has 3 rings (SSSR count). The normalized spacial score (nSPS) is 15.4. The maximum absolute atomic E-state index is 9.52. The zero-order chi connectivity index (χ0) is 12.5. The number of aromatic nitrogens is 2. The third-order valence-electron chi connectivity index (χ3n) is 3.01. The van der Waals surface area contributed by atoms with Gasteiger partial charge >= 0.3 is 0 Å². The van der Waals surface area contributed by atoms with E-state index in [2.05, 4.69) is 15.5 Å². The average molecular weight is 247 g/mol. The molecule has 2 aromatic rings. The first-order chi connectivity index (χ1) is 8.78. The summed E-state index contributed by atoms with van der Waals surface area (Å²) in [6.07, 6.45) is 0. The largest absolute Gasteiger partial charge is 0.504 e. The van der Waals surface area contributed by atoms with Crippen molar-refractivity contribution in [2.75, 3.05) is 20.2 Å². The second kappa shape index (κ2) is 4.30. The summed E-state index contributed by atoms with van der Waals surface area (Å²) < 4.78 is 10.3. The molecule has 6 nitrogen and oxygen atoms in total. The van der Waals surface area contributed by atoms with E-state index in [-0.39, 0.29) is 5.75 Å². The van der Waals surface area contributed by atoms with Crippen LogP contribution in [-0.2, 0) is 0 Å². The standard InChI is InChI=1S/C12H13N3O3/c1-17-10-4-7(2-3-9(10)16)11-14-12(18-15-11)8-5-13-6-8/h2-4,8,13,16H,5-6H2,1H3. The quantitative estimate of drug-likeness (QED) is 0.846. The van der Waals surface area contributed by atoms with Gasteiger partial charge in [-0.2, -0.15) is 4.98 Å². The smallest absolute Gasteiger partial charge is 0.232 e. The van der Waals surface area contributed by atoms with Gasteiger partial charge < -0.3 is 19.7 Å². The van der Waals surface area contributed by atoms with Crippen LogP contribution < -0.4 is 10.1 Å². The molecule has 0 bridgehead atoms. The number of hydrogen-bond donors (Lipinski definition) is 2. The third-order valence-corrected chi connectivity index (χ3v) is 3.01. The lowest BCUT2D eigenvalue weighted by molar-refractivity contribution is 0.308. The highest BCUT2D eigenvalue weighted by Crippen LogP contribution is 2.30. The zero-order valence-corrected chi connectivity index (χ0v) is 9.88. The first kappa shape index (κ1) is 11.0. The van der Waals surface area contributed by atoms with Crippen LogP contribution in [0.15, 0.2) is 22.7 Å². The van der Waals surface area contributed by atoms with Gasteiger partial charge in [0.25, 0.3) is 0 Å². The Morgan fingerprint density at radius 1 is 1.44 bits per heavy atom. The molecule has 2 N–H and O–H groups in total. The van der Waals surface area contributed by atoms with E-state index in [1.165, 1.54) is 7.11 Å². The van der Waals surface area contributed by atoms with Crippen molar-refractivity contribution >= 4 is 0 Å². The molecule has 1 fully saturated rings. The molecular weight excluding hydrogens is 234 g/mol. The number of nitrogens with zero attached hydrogens (tertiary/aromatic N) is 2. The van der Waals surface area contributed by atoms with Crippen molar-refractivity contribution in [3.8, 4) is 22.9 Å². The van der Waals surface area contributed by atoms with Gasteiger partial charge in [-0.05, 0) is 18.2 Å². The van der Waals surface area contributed by atoms with E-state index in [1.807, 2.05) is 0 Å². The summed E-state index contributed by atoms with van der Waals surface area (Å²) in [7, 11) is 1.50. The van der Waals surface area contributed by atoms with Gasteiger partial charge in [-0.15, -0.1) is 0 Å². The summed E-state index contributed by atoms with van der Waals surface area (Å²) in [5.74, 6) is 1.95. The number of phenolic OH excluding ortho intramolecular Hbond substituents is 1. The van der Waals surface area contributed by atoms with Crippen LogP contribution in [0.25, 0.3) is 11.4 Å². The number of rotatable bonds is 3. The fourth-order valence-electron chi connectivity index (χ4n) is 1.80. The summed E-state index contributed by atoms with van der Waals surface area (Å²) in [5.41, 5.74) is 0.756. The van der Waals surface area contributed by atoms with E-state index in [0.717, 1.165) is 18.7 Å². The highest BCUT2D eigenvalue weighted by Gasteiger charge is 2.25. The average Bonchev–Trinajstić information content (AvgIpc) is 2.76. The maximum Gasteiger partial charge on any atom is 0.232 e. The van der Waals surface area contributed by atoms with E-state index < -0.39 is 0 Å². The minimum atomic E-state index is 0.0909. The number of benzene rings is 1. The molecule has 1 aliphatic heterocycles. The molecule has 18 heavy (non-hydrogen) atoms. The summed E-state index contributed by atoms with van der Waals surface area (Å²) in [5, 5.41) is 16.6. The van der Waals surface area contributed by atoms with Gasteiger partial charge in [-0.25, -0.2) is 0 Å². The molecule has 0 saturated carbocycles. The predicted octanol–water partition coefficient (Wildman–Crippen LogP) is 1.14. The summed E-state index contributed by atoms with van der Waals surface area (Å²) >= 11 is 0. The molecule has 1 aromatic carbocycles. The van der Waals surface area contributed by atoms with Gasteiger partial charge in [0.15, 0.2) is 11.5 Å². The van der Waals surface area contributed by atoms with Gasteiger partial charge in [0.05, 0.1) is 13.0 Å². The van der Waals surface area contributed by atoms with Crippen molar-refractivity contribution in [2.24, 2.45) is 0 Å². The zero-order valence-electron chi connectivity index (χ0n) is 9.88. The van der Waals surface area contributed by atoms with Crippen molar-refractivity contribution < 1.29 is 14.4 Å². The molecule has 0 aliphatic carbocycles. The van der Waals surface area contributed by atoms with Gasteiger partial charge in [0, 0.05) is 18.7 Å². The minimum Gasteiger partial charge on any atom is -0.504 e. The number of methoxy groups -OCH3 is 1. The SMILES string of the molecule is COc1cc(-c2noc(C3CNC3)n2)ccc1O. The van der Waals surface area contributed by atoms with Crippen LogP contribution in [0.4, 0.5) is 0 Å². The Morgan fingerprint density at radius 2 is 2.28 bits per heavy atom. The second-order valence-corrected chi connectivity index (χ2v) is 4.20. The lowest BCUT2D eigenvalue weighted by atomic mass is 10.0. The summed E-state index contributed by atoms with van der Waals surface area (Å²) in [4.78, 5) is 4.35. The number of phenols is 1. The minimum absolute atomic E-state index is 0.0909. The number of aromatic hydroxyl groups is 1. The van der Waals surface area contributed by atoms with Crippen molar-refractivity contribution in [1.82, 2.24) is 15.5 Å². The van der Waals surface area contributed by atoms with Crippen LogP contribution >= 0.6 is 0 Å². The van der Waals surface area contributed by atoms with E-state index >= 15 is 0 Å². The van der Waals surface area contributed by atoms with Crippen LogP contribution in [-0.4, -0.2) is 35.4 Å². The molecular formula is C12H13N3O3. The Kier molecular flexibility index (Phi) is 2.64. The van der Waals surface area contributed by atoms with Gasteiger partial charge in [0.2, 0.25) is 11.7 Å². The van der Waals surface area contributed by atoms with E-state index in [4.69, 9.17) is 9.26 Å². The van der Waals surface area contributed by atoms with Gasteiger partial charge in [-0.1, -0.05) is 5.16 Å². The molecule has 0 unspecified atom stereocenters. The van der Waals surface area contributed by atoms with E-state index in [0.29, 0.717) is 23.4 Å².